The molecule has 3 nitrogen and oxygen atoms in total. The molecule has 96 valence electrons. The lowest BCUT2D eigenvalue weighted by atomic mass is 10.1. The highest BCUT2D eigenvalue weighted by Gasteiger charge is 1.99. The number of hydrogen-bond acceptors (Lipinski definition) is 2. The smallest absolute Gasteiger partial charge is 0.407 e. The summed E-state index contributed by atoms with van der Waals surface area (Å²) in [7, 11) is 0. The Labute approximate surface area is 99.9 Å². The highest BCUT2D eigenvalue weighted by Crippen LogP contribution is 2.04. The van der Waals surface area contributed by atoms with Crippen LogP contribution in [0, 0.1) is 0 Å². The summed E-state index contributed by atoms with van der Waals surface area (Å²) in [6.07, 6.45) is 9.21. The Morgan fingerprint density at radius 2 is 1.56 bits per heavy atom. The normalized spacial score (nSPS) is 10.1. The lowest BCUT2D eigenvalue weighted by Gasteiger charge is -2.06. The van der Waals surface area contributed by atoms with E-state index in [0.717, 1.165) is 25.8 Å². The maximum Gasteiger partial charge on any atom is 0.407 e. The molecule has 0 unspecified atom stereocenters. The summed E-state index contributed by atoms with van der Waals surface area (Å²) >= 11 is 0. The zero-order chi connectivity index (χ0) is 12.1. The molecule has 0 rings (SSSR count). The lowest BCUT2D eigenvalue weighted by molar-refractivity contribution is 0.144. The predicted molar refractivity (Wildman–Crippen MR) is 67.6 cm³/mol. The van der Waals surface area contributed by atoms with E-state index in [-0.39, 0.29) is 6.09 Å². The van der Waals surface area contributed by atoms with Gasteiger partial charge in [0.15, 0.2) is 0 Å². The Kier molecular flexibility index (Phi) is 11.8. The molecule has 0 aromatic carbocycles. The molecule has 0 aromatic rings. The molecular formula is C13H27NO2. The molecule has 3 heteroatoms. The van der Waals surface area contributed by atoms with Crippen molar-refractivity contribution >= 4 is 6.09 Å². The van der Waals surface area contributed by atoms with Crippen LogP contribution in [0.2, 0.25) is 0 Å². The molecule has 0 fully saturated rings. The molecule has 0 saturated carbocycles. The number of ether oxygens (including phenoxy) is 1. The molecule has 0 aromatic heterocycles. The average molecular weight is 229 g/mol. The van der Waals surface area contributed by atoms with Crippen LogP contribution in [0.4, 0.5) is 4.79 Å². The van der Waals surface area contributed by atoms with Gasteiger partial charge in [-0.05, 0) is 12.8 Å². The summed E-state index contributed by atoms with van der Waals surface area (Å²) in [4.78, 5) is 11.1. The van der Waals surface area contributed by atoms with Crippen molar-refractivity contribution in [3.8, 4) is 0 Å². The van der Waals surface area contributed by atoms with Gasteiger partial charge in [-0.2, -0.15) is 0 Å². The largest absolute Gasteiger partial charge is 0.450 e. The van der Waals surface area contributed by atoms with Crippen LogP contribution in [0.1, 0.15) is 65.2 Å². The summed E-state index contributed by atoms with van der Waals surface area (Å²) in [5.41, 5.74) is 0. The summed E-state index contributed by atoms with van der Waals surface area (Å²) < 4.78 is 4.98. The van der Waals surface area contributed by atoms with Gasteiger partial charge in [-0.25, -0.2) is 4.79 Å². The molecule has 16 heavy (non-hydrogen) atoms. The van der Waals surface area contributed by atoms with E-state index in [2.05, 4.69) is 19.2 Å². The topological polar surface area (TPSA) is 38.3 Å². The molecule has 0 aliphatic carbocycles. The van der Waals surface area contributed by atoms with Crippen molar-refractivity contribution in [1.82, 2.24) is 5.32 Å². The first-order valence-electron chi connectivity index (χ1n) is 6.71. The molecular weight excluding hydrogens is 202 g/mol. The summed E-state index contributed by atoms with van der Waals surface area (Å²) in [6.45, 7) is 5.58. The molecule has 0 spiro atoms. The molecule has 0 aliphatic rings. The van der Waals surface area contributed by atoms with Crippen molar-refractivity contribution in [2.75, 3.05) is 13.2 Å². The second-order valence-corrected chi connectivity index (χ2v) is 4.18. The van der Waals surface area contributed by atoms with Gasteiger partial charge in [-0.3, -0.25) is 0 Å². The van der Waals surface area contributed by atoms with Crippen LogP contribution in [-0.2, 0) is 4.74 Å². The monoisotopic (exact) mass is 229 g/mol. The van der Waals surface area contributed by atoms with Crippen molar-refractivity contribution < 1.29 is 9.53 Å². The van der Waals surface area contributed by atoms with Gasteiger partial charge in [0.1, 0.15) is 0 Å². The zero-order valence-corrected chi connectivity index (χ0v) is 10.9. The maximum atomic E-state index is 11.1. The Morgan fingerprint density at radius 3 is 2.25 bits per heavy atom. The SMILES string of the molecule is CCCCCCCCNC(=O)OCCCC. The fourth-order valence-corrected chi connectivity index (χ4v) is 1.46. The molecule has 1 amide bonds. The third-order valence-corrected chi connectivity index (χ3v) is 2.53. The Morgan fingerprint density at radius 1 is 0.938 bits per heavy atom. The van der Waals surface area contributed by atoms with Gasteiger partial charge < -0.3 is 10.1 Å². The van der Waals surface area contributed by atoms with Crippen LogP contribution in [0.3, 0.4) is 0 Å². The van der Waals surface area contributed by atoms with E-state index in [1.54, 1.807) is 0 Å². The minimum absolute atomic E-state index is 0.262. The first-order chi connectivity index (χ1) is 7.81. The van der Waals surface area contributed by atoms with E-state index in [9.17, 15) is 4.79 Å². The van der Waals surface area contributed by atoms with E-state index in [4.69, 9.17) is 4.74 Å². The molecule has 0 radical (unpaired) electrons. The number of carbonyl (C=O) groups is 1. The Bertz CT molecular complexity index is 160. The summed E-state index contributed by atoms with van der Waals surface area (Å²) in [6, 6.07) is 0. The standard InChI is InChI=1S/C13H27NO2/c1-3-5-7-8-9-10-11-14-13(15)16-12-6-4-2/h3-12H2,1-2H3,(H,14,15). The maximum absolute atomic E-state index is 11.1. The van der Waals surface area contributed by atoms with Gasteiger partial charge in [0.2, 0.25) is 0 Å². The molecule has 0 saturated heterocycles. The van der Waals surface area contributed by atoms with E-state index in [1.807, 2.05) is 0 Å². The van der Waals surface area contributed by atoms with Gasteiger partial charge in [0.25, 0.3) is 0 Å². The predicted octanol–water partition coefficient (Wildman–Crippen LogP) is 3.87. The number of nitrogens with one attached hydrogen (secondary N) is 1. The van der Waals surface area contributed by atoms with Crippen LogP contribution in [0.15, 0.2) is 0 Å². The van der Waals surface area contributed by atoms with Gasteiger partial charge in [-0.1, -0.05) is 52.4 Å². The van der Waals surface area contributed by atoms with E-state index in [1.165, 1.54) is 32.1 Å². The highest BCUT2D eigenvalue weighted by molar-refractivity contribution is 5.66. The number of hydrogen-bond donors (Lipinski definition) is 1. The zero-order valence-electron chi connectivity index (χ0n) is 10.9. The van der Waals surface area contributed by atoms with E-state index < -0.39 is 0 Å². The lowest BCUT2D eigenvalue weighted by Crippen LogP contribution is -2.25. The first-order valence-corrected chi connectivity index (χ1v) is 6.71. The van der Waals surface area contributed by atoms with Crippen molar-refractivity contribution in [1.29, 1.82) is 0 Å². The number of alkyl carbamates (subject to hydrolysis) is 1. The van der Waals surface area contributed by atoms with Crippen molar-refractivity contribution in [3.05, 3.63) is 0 Å². The summed E-state index contributed by atoms with van der Waals surface area (Å²) in [5.74, 6) is 0. The van der Waals surface area contributed by atoms with E-state index >= 15 is 0 Å². The fourth-order valence-electron chi connectivity index (χ4n) is 1.46. The van der Waals surface area contributed by atoms with Crippen LogP contribution >= 0.6 is 0 Å². The first kappa shape index (κ1) is 15.3. The van der Waals surface area contributed by atoms with Crippen LogP contribution in [-0.4, -0.2) is 19.2 Å². The number of unbranched alkanes of at least 4 members (excludes halogenated alkanes) is 6. The summed E-state index contributed by atoms with van der Waals surface area (Å²) in [5, 5.41) is 2.77. The average Bonchev–Trinajstić information content (AvgIpc) is 2.28. The van der Waals surface area contributed by atoms with Gasteiger partial charge in [-0.15, -0.1) is 0 Å². The minimum atomic E-state index is -0.262. The van der Waals surface area contributed by atoms with Gasteiger partial charge >= 0.3 is 6.09 Å². The Hall–Kier alpha value is -0.730. The minimum Gasteiger partial charge on any atom is -0.450 e. The molecule has 0 aliphatic heterocycles. The van der Waals surface area contributed by atoms with Crippen LogP contribution < -0.4 is 5.32 Å². The Balaban J connectivity index is 3.09. The molecule has 0 heterocycles. The number of carbonyl (C=O) groups excluding carboxylic acids is 1. The van der Waals surface area contributed by atoms with Crippen LogP contribution in [0.5, 0.6) is 0 Å². The third kappa shape index (κ3) is 11.3. The second-order valence-electron chi connectivity index (χ2n) is 4.18. The van der Waals surface area contributed by atoms with Crippen LogP contribution in [0.25, 0.3) is 0 Å². The van der Waals surface area contributed by atoms with Crippen molar-refractivity contribution in [2.45, 2.75) is 65.2 Å². The molecule has 0 atom stereocenters. The van der Waals surface area contributed by atoms with E-state index in [0.29, 0.717) is 6.61 Å². The second kappa shape index (κ2) is 12.3. The third-order valence-electron chi connectivity index (χ3n) is 2.53. The number of rotatable bonds is 10. The van der Waals surface area contributed by atoms with Crippen molar-refractivity contribution in [2.24, 2.45) is 0 Å². The number of amides is 1. The van der Waals surface area contributed by atoms with Gasteiger partial charge in [0.05, 0.1) is 6.61 Å². The van der Waals surface area contributed by atoms with Gasteiger partial charge in [0, 0.05) is 6.54 Å². The molecule has 1 N–H and O–H groups in total. The fraction of sp³-hybridized carbons (Fsp3) is 0.923. The molecule has 0 bridgehead atoms. The van der Waals surface area contributed by atoms with Crippen molar-refractivity contribution in [3.63, 3.8) is 0 Å². The quantitative estimate of drug-likeness (QED) is 0.577. The highest BCUT2D eigenvalue weighted by atomic mass is 16.5.